The van der Waals surface area contributed by atoms with Crippen molar-refractivity contribution in [1.29, 1.82) is 0 Å². The van der Waals surface area contributed by atoms with Crippen molar-refractivity contribution >= 4 is 11.9 Å². The molecular formula is C12H14N2O3. The van der Waals surface area contributed by atoms with E-state index >= 15 is 0 Å². The molecule has 1 amide bonds. The van der Waals surface area contributed by atoms with Gasteiger partial charge in [-0.15, -0.1) is 0 Å². The Morgan fingerprint density at radius 3 is 2.94 bits per heavy atom. The molecule has 0 radical (unpaired) electrons. The number of hydrogen-bond donors (Lipinski definition) is 1. The number of carbonyl (C=O) groups is 2. The number of pyridine rings is 1. The van der Waals surface area contributed by atoms with Crippen LogP contribution in [0.1, 0.15) is 17.5 Å². The molecule has 1 aliphatic heterocycles. The molecule has 2 rings (SSSR count). The van der Waals surface area contributed by atoms with Crippen LogP contribution < -0.4 is 0 Å². The van der Waals surface area contributed by atoms with Crippen LogP contribution in [-0.2, 0) is 16.1 Å². The molecule has 0 bridgehead atoms. The Kier molecular flexibility index (Phi) is 3.08. The van der Waals surface area contributed by atoms with Gasteiger partial charge in [-0.25, -0.2) is 0 Å². The number of aryl methyl sites for hydroxylation is 1. The molecule has 0 spiro atoms. The van der Waals surface area contributed by atoms with Crippen molar-refractivity contribution < 1.29 is 14.7 Å². The topological polar surface area (TPSA) is 70.5 Å². The van der Waals surface area contributed by atoms with Crippen LogP contribution in [0.4, 0.5) is 0 Å². The molecule has 5 heteroatoms. The molecule has 1 unspecified atom stereocenters. The number of aliphatic carboxylic acids is 1. The molecule has 5 nitrogen and oxygen atoms in total. The summed E-state index contributed by atoms with van der Waals surface area (Å²) in [5.74, 6) is -1.57. The maximum Gasteiger partial charge on any atom is 0.308 e. The number of aromatic nitrogens is 1. The van der Waals surface area contributed by atoms with E-state index in [1.807, 2.05) is 13.0 Å². The lowest BCUT2D eigenvalue weighted by Gasteiger charge is -2.15. The predicted octanol–water partition coefficient (Wildman–Crippen LogP) is 0.823. The van der Waals surface area contributed by atoms with Crippen LogP contribution in [0.3, 0.4) is 0 Å². The molecule has 1 aliphatic rings. The summed E-state index contributed by atoms with van der Waals surface area (Å²) in [5, 5.41) is 8.87. The van der Waals surface area contributed by atoms with Gasteiger partial charge in [0.25, 0.3) is 0 Å². The van der Waals surface area contributed by atoms with Gasteiger partial charge in [-0.3, -0.25) is 14.6 Å². The molecule has 1 aromatic rings. The van der Waals surface area contributed by atoms with E-state index in [-0.39, 0.29) is 12.3 Å². The minimum absolute atomic E-state index is 0.0982. The second-order valence-electron chi connectivity index (χ2n) is 4.38. The normalized spacial score (nSPS) is 19.7. The maximum atomic E-state index is 11.6. The van der Waals surface area contributed by atoms with E-state index in [1.165, 1.54) is 0 Å². The Labute approximate surface area is 99.1 Å². The summed E-state index contributed by atoms with van der Waals surface area (Å²) in [6.45, 7) is 2.67. The van der Waals surface area contributed by atoms with Crippen LogP contribution in [0, 0.1) is 12.8 Å². The van der Waals surface area contributed by atoms with Gasteiger partial charge in [-0.05, 0) is 18.1 Å². The fourth-order valence-corrected chi connectivity index (χ4v) is 2.01. The summed E-state index contributed by atoms with van der Waals surface area (Å²) in [5.41, 5.74) is 1.97. The Bertz CT molecular complexity index is 459. The number of amides is 1. The highest BCUT2D eigenvalue weighted by molar-refractivity contribution is 5.86. The van der Waals surface area contributed by atoms with Crippen LogP contribution in [0.5, 0.6) is 0 Å². The average molecular weight is 234 g/mol. The van der Waals surface area contributed by atoms with Crippen LogP contribution in [0.25, 0.3) is 0 Å². The van der Waals surface area contributed by atoms with Gasteiger partial charge in [0.05, 0.1) is 5.92 Å². The van der Waals surface area contributed by atoms with Crippen LogP contribution >= 0.6 is 0 Å². The van der Waals surface area contributed by atoms with Crippen molar-refractivity contribution in [2.75, 3.05) is 6.54 Å². The zero-order chi connectivity index (χ0) is 12.4. The monoisotopic (exact) mass is 234 g/mol. The van der Waals surface area contributed by atoms with Gasteiger partial charge in [0.1, 0.15) is 0 Å². The first-order valence-corrected chi connectivity index (χ1v) is 5.47. The third-order valence-electron chi connectivity index (χ3n) is 2.87. The molecule has 90 valence electrons. The van der Waals surface area contributed by atoms with E-state index in [1.54, 1.807) is 17.3 Å². The van der Waals surface area contributed by atoms with Gasteiger partial charge in [0.15, 0.2) is 0 Å². The molecular weight excluding hydrogens is 220 g/mol. The lowest BCUT2D eigenvalue weighted by atomic mass is 10.1. The fourth-order valence-electron chi connectivity index (χ4n) is 2.01. The number of nitrogens with zero attached hydrogens (tertiary/aromatic N) is 2. The first kappa shape index (κ1) is 11.6. The van der Waals surface area contributed by atoms with Crippen molar-refractivity contribution in [3.8, 4) is 0 Å². The van der Waals surface area contributed by atoms with Gasteiger partial charge >= 0.3 is 5.97 Å². The van der Waals surface area contributed by atoms with Gasteiger partial charge in [0.2, 0.25) is 5.91 Å². The number of carbonyl (C=O) groups excluding carboxylic acids is 1. The lowest BCUT2D eigenvalue weighted by Crippen LogP contribution is -2.25. The van der Waals surface area contributed by atoms with Gasteiger partial charge in [-0.1, -0.05) is 6.07 Å². The Hall–Kier alpha value is -1.91. The summed E-state index contributed by atoms with van der Waals surface area (Å²) in [4.78, 5) is 28.1. The Morgan fingerprint density at radius 2 is 2.35 bits per heavy atom. The Balaban J connectivity index is 2.05. The SMILES string of the molecule is Cc1cncc(CN2CC(C(=O)O)CC2=O)c1. The van der Waals surface area contributed by atoms with E-state index in [0.717, 1.165) is 11.1 Å². The molecule has 0 saturated carbocycles. The molecule has 1 saturated heterocycles. The zero-order valence-electron chi connectivity index (χ0n) is 9.59. The summed E-state index contributed by atoms with van der Waals surface area (Å²) in [6, 6.07) is 1.95. The van der Waals surface area contributed by atoms with E-state index in [4.69, 9.17) is 5.11 Å². The predicted molar refractivity (Wildman–Crippen MR) is 60.1 cm³/mol. The van der Waals surface area contributed by atoms with Gasteiger partial charge in [-0.2, -0.15) is 0 Å². The smallest absolute Gasteiger partial charge is 0.308 e. The van der Waals surface area contributed by atoms with Gasteiger partial charge < -0.3 is 10.0 Å². The van der Waals surface area contributed by atoms with Crippen LogP contribution in [0.15, 0.2) is 18.5 Å². The quantitative estimate of drug-likeness (QED) is 0.840. The fraction of sp³-hybridized carbons (Fsp3) is 0.417. The third kappa shape index (κ3) is 2.61. The third-order valence-corrected chi connectivity index (χ3v) is 2.87. The minimum Gasteiger partial charge on any atom is -0.481 e. The van der Waals surface area contributed by atoms with Crippen molar-refractivity contribution in [2.45, 2.75) is 19.9 Å². The van der Waals surface area contributed by atoms with Crippen molar-refractivity contribution in [3.05, 3.63) is 29.6 Å². The summed E-state index contributed by atoms with van der Waals surface area (Å²) in [7, 11) is 0. The molecule has 0 aliphatic carbocycles. The largest absolute Gasteiger partial charge is 0.481 e. The highest BCUT2D eigenvalue weighted by atomic mass is 16.4. The zero-order valence-corrected chi connectivity index (χ0v) is 9.59. The standard InChI is InChI=1S/C12H14N2O3/c1-8-2-9(5-13-4-8)6-14-7-10(12(16)17)3-11(14)15/h2,4-5,10H,3,6-7H2,1H3,(H,16,17). The average Bonchev–Trinajstić information content (AvgIpc) is 2.61. The van der Waals surface area contributed by atoms with Gasteiger partial charge in [0, 0.05) is 31.9 Å². The molecule has 1 atom stereocenters. The lowest BCUT2D eigenvalue weighted by molar-refractivity contribution is -0.141. The highest BCUT2D eigenvalue weighted by Crippen LogP contribution is 2.20. The number of carboxylic acids is 1. The minimum atomic E-state index is -0.900. The summed E-state index contributed by atoms with van der Waals surface area (Å²) in [6.07, 6.45) is 3.55. The van der Waals surface area contributed by atoms with Crippen LogP contribution in [-0.4, -0.2) is 33.4 Å². The first-order chi connectivity index (χ1) is 8.06. The number of likely N-dealkylation sites (tertiary alicyclic amines) is 1. The maximum absolute atomic E-state index is 11.6. The van der Waals surface area contributed by atoms with Crippen LogP contribution in [0.2, 0.25) is 0 Å². The molecule has 1 N–H and O–H groups in total. The Morgan fingerprint density at radius 1 is 1.59 bits per heavy atom. The first-order valence-electron chi connectivity index (χ1n) is 5.47. The molecule has 2 heterocycles. The van der Waals surface area contributed by atoms with E-state index < -0.39 is 11.9 Å². The number of hydrogen-bond acceptors (Lipinski definition) is 3. The van der Waals surface area contributed by atoms with E-state index in [0.29, 0.717) is 13.1 Å². The summed E-state index contributed by atoms with van der Waals surface area (Å²) < 4.78 is 0. The van der Waals surface area contributed by atoms with E-state index in [9.17, 15) is 9.59 Å². The number of carboxylic acid groups (broad SMARTS) is 1. The van der Waals surface area contributed by atoms with Crippen molar-refractivity contribution in [1.82, 2.24) is 9.88 Å². The summed E-state index contributed by atoms with van der Waals surface area (Å²) >= 11 is 0. The molecule has 1 aromatic heterocycles. The second-order valence-corrected chi connectivity index (χ2v) is 4.38. The van der Waals surface area contributed by atoms with Crippen molar-refractivity contribution in [2.24, 2.45) is 5.92 Å². The highest BCUT2D eigenvalue weighted by Gasteiger charge is 2.33. The van der Waals surface area contributed by atoms with E-state index in [2.05, 4.69) is 4.98 Å². The number of rotatable bonds is 3. The molecule has 1 fully saturated rings. The molecule has 0 aromatic carbocycles. The second kappa shape index (κ2) is 4.53. The molecule has 17 heavy (non-hydrogen) atoms. The van der Waals surface area contributed by atoms with Crippen molar-refractivity contribution in [3.63, 3.8) is 0 Å².